The maximum atomic E-state index is 15.0. The first-order valence-electron chi connectivity index (χ1n) is 21.9. The summed E-state index contributed by atoms with van der Waals surface area (Å²) in [6.07, 6.45) is 3.93. The van der Waals surface area contributed by atoms with Crippen LogP contribution in [0, 0.1) is 17.0 Å². The summed E-state index contributed by atoms with van der Waals surface area (Å²) in [7, 11) is 3.36. The molecule has 6 N–H and O–H groups in total. The molecule has 16 heteroatoms. The number of carbonyl (C=O) groups excluding carboxylic acids is 5. The highest BCUT2D eigenvalue weighted by atomic mass is 19.1. The Morgan fingerprint density at radius 2 is 1.26 bits per heavy atom. The average Bonchev–Trinajstić information content (AvgIpc) is 3.48. The van der Waals surface area contributed by atoms with E-state index in [0.29, 0.717) is 54.6 Å². The lowest BCUT2D eigenvalue weighted by Gasteiger charge is -2.30. The van der Waals surface area contributed by atoms with Gasteiger partial charge >= 0.3 is 5.97 Å². The Morgan fingerprint density at radius 3 is 1.71 bits per heavy atom. The van der Waals surface area contributed by atoms with E-state index >= 15 is 0 Å². The van der Waals surface area contributed by atoms with E-state index in [9.17, 15) is 32.8 Å². The van der Waals surface area contributed by atoms with Gasteiger partial charge in [-0.2, -0.15) is 0 Å². The van der Waals surface area contributed by atoms with Crippen LogP contribution in [0.15, 0.2) is 36.4 Å². The number of fused-ring (bicyclic) bond motifs is 2. The van der Waals surface area contributed by atoms with Crippen LogP contribution in [0.4, 0.5) is 8.78 Å². The highest BCUT2D eigenvalue weighted by Crippen LogP contribution is 2.56. The van der Waals surface area contributed by atoms with E-state index in [2.05, 4.69) is 31.2 Å². The SMILES string of the molecule is CC[C@H](NC(=O)[C@H](C)NC)C(=O)N1C[C@@H](OC(C)=O)C[C@H]1Cc1c(-c2[nH]c3cc(F)ccc3c2C[C@@H]2CC3(CC3)CN2C(=O)[C@H](CC)NC(=O)[C@H](C)NC)[nH]c2cc(F)ccc12. The molecule has 2 aromatic heterocycles. The number of rotatable bonds is 16. The minimum absolute atomic E-state index is 0.000930. The molecule has 1 aliphatic carbocycles. The summed E-state index contributed by atoms with van der Waals surface area (Å²) in [6, 6.07) is 5.81. The number of nitrogens with one attached hydrogen (secondary N) is 6. The van der Waals surface area contributed by atoms with Crippen LogP contribution in [0.25, 0.3) is 33.2 Å². The maximum absolute atomic E-state index is 15.0. The summed E-state index contributed by atoms with van der Waals surface area (Å²) in [4.78, 5) is 77.5. The zero-order valence-electron chi connectivity index (χ0n) is 36.7. The molecule has 3 fully saturated rings. The number of ether oxygens (including phenoxy) is 1. The van der Waals surface area contributed by atoms with Gasteiger partial charge in [-0.3, -0.25) is 24.0 Å². The van der Waals surface area contributed by atoms with Crippen LogP contribution in [0.5, 0.6) is 0 Å². The van der Waals surface area contributed by atoms with Crippen LogP contribution in [0.2, 0.25) is 0 Å². The summed E-state index contributed by atoms with van der Waals surface area (Å²) >= 11 is 0. The number of aromatic nitrogens is 2. The summed E-state index contributed by atoms with van der Waals surface area (Å²) in [6.45, 7) is 9.18. The topological polar surface area (TPSA) is 181 Å². The van der Waals surface area contributed by atoms with Gasteiger partial charge in [0.25, 0.3) is 0 Å². The Morgan fingerprint density at radius 1 is 0.774 bits per heavy atom. The fraction of sp³-hybridized carbons (Fsp3) is 0.543. The second-order valence-electron chi connectivity index (χ2n) is 17.6. The van der Waals surface area contributed by atoms with Crippen molar-refractivity contribution in [2.45, 2.75) is 128 Å². The zero-order valence-corrected chi connectivity index (χ0v) is 36.7. The molecule has 4 heterocycles. The van der Waals surface area contributed by atoms with Gasteiger partial charge < -0.3 is 45.8 Å². The highest BCUT2D eigenvalue weighted by Gasteiger charge is 2.54. The first-order chi connectivity index (χ1) is 29.6. The molecule has 334 valence electrons. The third kappa shape index (κ3) is 9.08. The van der Waals surface area contributed by atoms with Crippen LogP contribution in [0.1, 0.15) is 84.3 Å². The van der Waals surface area contributed by atoms with E-state index < -0.39 is 53.9 Å². The summed E-state index contributed by atoms with van der Waals surface area (Å²) in [5.74, 6) is -2.37. The number of amides is 4. The van der Waals surface area contributed by atoms with Crippen LogP contribution in [-0.2, 0) is 41.6 Å². The van der Waals surface area contributed by atoms with Gasteiger partial charge in [-0.05, 0) is 126 Å². The van der Waals surface area contributed by atoms with Crippen molar-refractivity contribution in [1.82, 2.24) is 41.0 Å². The van der Waals surface area contributed by atoms with Gasteiger partial charge in [-0.1, -0.05) is 13.8 Å². The van der Waals surface area contributed by atoms with Gasteiger partial charge in [0.05, 0.1) is 30.0 Å². The number of H-pyrrole nitrogens is 2. The third-order valence-electron chi connectivity index (χ3n) is 13.4. The Labute approximate surface area is 360 Å². The average molecular weight is 859 g/mol. The molecule has 2 saturated heterocycles. The fourth-order valence-corrected chi connectivity index (χ4v) is 9.51. The molecule has 14 nitrogen and oxygen atoms in total. The molecule has 7 rings (SSSR count). The Balaban J connectivity index is 1.29. The van der Waals surface area contributed by atoms with Crippen molar-refractivity contribution in [3.63, 3.8) is 0 Å². The fourth-order valence-electron chi connectivity index (χ4n) is 9.51. The lowest BCUT2D eigenvalue weighted by molar-refractivity contribution is -0.146. The number of nitrogens with zero attached hydrogens (tertiary/aromatic N) is 2. The van der Waals surface area contributed by atoms with E-state index in [0.717, 1.165) is 41.2 Å². The molecule has 2 aromatic carbocycles. The first-order valence-corrected chi connectivity index (χ1v) is 21.9. The van der Waals surface area contributed by atoms with Crippen molar-refractivity contribution in [2.75, 3.05) is 27.2 Å². The Hall–Kier alpha value is -5.35. The second-order valence-corrected chi connectivity index (χ2v) is 17.6. The molecule has 0 bridgehead atoms. The van der Waals surface area contributed by atoms with Crippen LogP contribution >= 0.6 is 0 Å². The van der Waals surface area contributed by atoms with Crippen LogP contribution in [-0.4, -0.2) is 119 Å². The number of esters is 1. The summed E-state index contributed by atoms with van der Waals surface area (Å²) < 4.78 is 35.6. The van der Waals surface area contributed by atoms with Crippen LogP contribution in [0.3, 0.4) is 0 Å². The van der Waals surface area contributed by atoms with Crippen molar-refractivity contribution in [3.05, 3.63) is 59.2 Å². The van der Waals surface area contributed by atoms with Crippen molar-refractivity contribution in [3.8, 4) is 11.4 Å². The molecule has 0 radical (unpaired) electrons. The van der Waals surface area contributed by atoms with Gasteiger partial charge in [-0.15, -0.1) is 0 Å². The smallest absolute Gasteiger partial charge is 0.302 e. The second kappa shape index (κ2) is 18.2. The maximum Gasteiger partial charge on any atom is 0.302 e. The minimum atomic E-state index is -0.831. The van der Waals surface area contributed by atoms with Gasteiger partial charge in [0.2, 0.25) is 23.6 Å². The lowest BCUT2D eigenvalue weighted by atomic mass is 9.93. The van der Waals surface area contributed by atoms with E-state index in [4.69, 9.17) is 4.74 Å². The molecular formula is C46H60F2N8O6. The molecular weight excluding hydrogens is 799 g/mol. The number of hydrogen-bond donors (Lipinski definition) is 6. The molecule has 62 heavy (non-hydrogen) atoms. The highest BCUT2D eigenvalue weighted by molar-refractivity contribution is 5.97. The van der Waals surface area contributed by atoms with Crippen molar-refractivity contribution in [1.29, 1.82) is 0 Å². The molecule has 3 aliphatic rings. The molecule has 4 aromatic rings. The molecule has 1 spiro atoms. The van der Waals surface area contributed by atoms with Crippen molar-refractivity contribution in [2.24, 2.45) is 5.41 Å². The quantitative estimate of drug-likeness (QED) is 0.0886. The van der Waals surface area contributed by atoms with Gasteiger partial charge in [0.15, 0.2) is 0 Å². The molecule has 0 unspecified atom stereocenters. The number of halogens is 2. The molecule has 2 aliphatic heterocycles. The first kappa shape index (κ1) is 44.7. The number of likely N-dealkylation sites (tertiary alicyclic amines) is 2. The standard InChI is InChI=1S/C46H60F2N8O6/c1-8-36(53-42(58)24(3)49-6)44(60)55-22-31(62-26(5)57)18-29(55)19-34-32-12-10-27(47)16-38(32)51-40(34)41-35(33-13-11-28(48)17-39(33)52-41)20-30-21-46(14-15-46)23-56(30)45(61)37(9-2)54-43(59)25(4)50-7/h10-13,16-17,24-25,29-31,36-37,49-52H,8-9,14-15,18-23H2,1-7H3,(H,53,58)(H,54,59)/t24-,25-,29-,30+,31-,36-,37-/m0/s1. The van der Waals surface area contributed by atoms with Gasteiger partial charge in [0, 0.05) is 53.8 Å². The summed E-state index contributed by atoms with van der Waals surface area (Å²) in [5.41, 5.74) is 3.96. The molecule has 1 saturated carbocycles. The normalized spacial score (nSPS) is 21.3. The predicted octanol–water partition coefficient (Wildman–Crippen LogP) is 4.60. The van der Waals surface area contributed by atoms with E-state index in [1.165, 1.54) is 31.2 Å². The lowest BCUT2D eigenvalue weighted by Crippen LogP contribution is -2.53. The van der Waals surface area contributed by atoms with Crippen LogP contribution < -0.4 is 21.3 Å². The largest absolute Gasteiger partial charge is 0.461 e. The van der Waals surface area contributed by atoms with E-state index in [1.54, 1.807) is 45.0 Å². The summed E-state index contributed by atoms with van der Waals surface area (Å²) in [5, 5.41) is 13.2. The molecule has 7 atom stereocenters. The number of benzene rings is 2. The Kier molecular flexibility index (Phi) is 13.1. The number of likely N-dealkylation sites (N-methyl/N-ethyl adjacent to an activating group) is 2. The molecule has 4 amide bonds. The van der Waals surface area contributed by atoms with Gasteiger partial charge in [0.1, 0.15) is 29.8 Å². The van der Waals surface area contributed by atoms with Crippen molar-refractivity contribution < 1.29 is 37.5 Å². The number of hydrogen-bond acceptors (Lipinski definition) is 8. The monoisotopic (exact) mass is 858 g/mol. The minimum Gasteiger partial charge on any atom is -0.461 e. The predicted molar refractivity (Wildman–Crippen MR) is 232 cm³/mol. The van der Waals surface area contributed by atoms with E-state index in [-0.39, 0.29) is 48.1 Å². The zero-order chi connectivity index (χ0) is 44.6. The Bertz CT molecular complexity index is 2360. The third-order valence-corrected chi connectivity index (χ3v) is 13.4. The van der Waals surface area contributed by atoms with Gasteiger partial charge in [-0.25, -0.2) is 8.78 Å². The van der Waals surface area contributed by atoms with E-state index in [1.807, 2.05) is 18.7 Å². The number of aromatic amines is 2. The van der Waals surface area contributed by atoms with Crippen molar-refractivity contribution >= 4 is 51.4 Å². The number of carbonyl (C=O) groups is 5.